The van der Waals surface area contributed by atoms with Crippen molar-refractivity contribution in [1.82, 2.24) is 10.3 Å². The number of hydrogen-bond donors (Lipinski definition) is 2. The molecule has 18 heavy (non-hydrogen) atoms. The quantitative estimate of drug-likeness (QED) is 0.757. The highest BCUT2D eigenvalue weighted by atomic mass is 35.5. The molecule has 0 radical (unpaired) electrons. The zero-order valence-corrected chi connectivity index (χ0v) is 12.9. The van der Waals surface area contributed by atoms with E-state index in [-0.39, 0.29) is 30.7 Å². The van der Waals surface area contributed by atoms with Crippen LogP contribution in [0.3, 0.4) is 0 Å². The van der Waals surface area contributed by atoms with Crippen LogP contribution in [0, 0.1) is 6.92 Å². The van der Waals surface area contributed by atoms with Crippen LogP contribution in [0.5, 0.6) is 0 Å². The molecule has 0 saturated heterocycles. The SMILES string of the molecule is Cc1nc(CCCC(=O)NCCCN)cs1.Cl.Cl. The average Bonchev–Trinajstić information content (AvgIpc) is 2.65. The lowest BCUT2D eigenvalue weighted by Crippen LogP contribution is -2.25. The van der Waals surface area contributed by atoms with Crippen LogP contribution < -0.4 is 11.1 Å². The fourth-order valence-electron chi connectivity index (χ4n) is 1.37. The molecule has 0 fully saturated rings. The Labute approximate surface area is 125 Å². The van der Waals surface area contributed by atoms with Crippen LogP contribution in [0.4, 0.5) is 0 Å². The summed E-state index contributed by atoms with van der Waals surface area (Å²) < 4.78 is 0. The number of nitrogens with two attached hydrogens (primary N) is 1. The van der Waals surface area contributed by atoms with Gasteiger partial charge in [0, 0.05) is 18.3 Å². The number of carbonyl (C=O) groups is 1. The van der Waals surface area contributed by atoms with Crippen LogP contribution in [-0.2, 0) is 11.2 Å². The molecule has 4 nitrogen and oxygen atoms in total. The lowest BCUT2D eigenvalue weighted by atomic mass is 10.2. The van der Waals surface area contributed by atoms with Gasteiger partial charge in [-0.25, -0.2) is 4.98 Å². The first-order valence-corrected chi connectivity index (χ1v) is 6.48. The minimum atomic E-state index is 0. The normalized spacial score (nSPS) is 9.22. The number of thiazole rings is 1. The van der Waals surface area contributed by atoms with E-state index < -0.39 is 0 Å². The van der Waals surface area contributed by atoms with Gasteiger partial charge in [-0.05, 0) is 32.7 Å². The minimum Gasteiger partial charge on any atom is -0.356 e. The molecule has 0 aliphatic heterocycles. The van der Waals surface area contributed by atoms with Crippen LogP contribution >= 0.6 is 36.2 Å². The fourth-order valence-corrected chi connectivity index (χ4v) is 2.02. The Bertz CT molecular complexity index is 334. The van der Waals surface area contributed by atoms with E-state index in [9.17, 15) is 4.79 Å². The maximum atomic E-state index is 11.3. The molecule has 106 valence electrons. The van der Waals surface area contributed by atoms with Crippen LogP contribution in [-0.4, -0.2) is 24.0 Å². The number of aromatic nitrogens is 1. The van der Waals surface area contributed by atoms with Gasteiger partial charge in [0.15, 0.2) is 0 Å². The van der Waals surface area contributed by atoms with Gasteiger partial charge in [-0.3, -0.25) is 4.79 Å². The molecule has 1 heterocycles. The molecule has 0 atom stereocenters. The van der Waals surface area contributed by atoms with Gasteiger partial charge >= 0.3 is 0 Å². The molecule has 7 heteroatoms. The number of carbonyl (C=O) groups excluding carboxylic acids is 1. The van der Waals surface area contributed by atoms with Gasteiger partial charge < -0.3 is 11.1 Å². The number of aryl methyl sites for hydroxylation is 2. The monoisotopic (exact) mass is 313 g/mol. The van der Waals surface area contributed by atoms with Gasteiger partial charge in [-0.2, -0.15) is 0 Å². The molecule has 1 aromatic rings. The number of rotatable bonds is 7. The second-order valence-electron chi connectivity index (χ2n) is 3.70. The first-order chi connectivity index (χ1) is 7.72. The summed E-state index contributed by atoms with van der Waals surface area (Å²) in [5.41, 5.74) is 6.43. The van der Waals surface area contributed by atoms with Crippen molar-refractivity contribution < 1.29 is 4.79 Å². The summed E-state index contributed by atoms with van der Waals surface area (Å²) in [6.45, 7) is 3.30. The Morgan fingerprint density at radius 2 is 2.17 bits per heavy atom. The van der Waals surface area contributed by atoms with Crippen molar-refractivity contribution in [2.24, 2.45) is 5.73 Å². The summed E-state index contributed by atoms with van der Waals surface area (Å²) in [7, 11) is 0. The Balaban J connectivity index is 0. The Morgan fingerprint density at radius 3 is 2.72 bits per heavy atom. The molecular weight excluding hydrogens is 293 g/mol. The predicted octanol–water partition coefficient (Wildman–Crippen LogP) is 2.08. The average molecular weight is 314 g/mol. The zero-order chi connectivity index (χ0) is 11.8. The fraction of sp³-hybridized carbons (Fsp3) is 0.636. The van der Waals surface area contributed by atoms with Crippen molar-refractivity contribution in [3.63, 3.8) is 0 Å². The Kier molecular flexibility index (Phi) is 13.0. The van der Waals surface area contributed by atoms with E-state index in [1.54, 1.807) is 11.3 Å². The van der Waals surface area contributed by atoms with Gasteiger partial charge in [-0.1, -0.05) is 0 Å². The van der Waals surface area contributed by atoms with Crippen LogP contribution in [0.1, 0.15) is 30.0 Å². The zero-order valence-electron chi connectivity index (χ0n) is 10.5. The number of nitrogens with zero attached hydrogens (tertiary/aromatic N) is 1. The molecule has 3 N–H and O–H groups in total. The van der Waals surface area contributed by atoms with Crippen molar-refractivity contribution in [2.45, 2.75) is 32.6 Å². The maximum absolute atomic E-state index is 11.3. The predicted molar refractivity (Wildman–Crippen MR) is 81.0 cm³/mol. The van der Waals surface area contributed by atoms with Crippen LogP contribution in [0.2, 0.25) is 0 Å². The molecule has 0 aliphatic carbocycles. The van der Waals surface area contributed by atoms with Crippen molar-refractivity contribution in [2.75, 3.05) is 13.1 Å². The number of halogens is 2. The maximum Gasteiger partial charge on any atom is 0.220 e. The molecule has 0 aromatic carbocycles. The van der Waals surface area contributed by atoms with E-state index in [0.29, 0.717) is 19.5 Å². The number of amides is 1. The summed E-state index contributed by atoms with van der Waals surface area (Å²) in [4.78, 5) is 15.7. The molecule has 1 rings (SSSR count). The lowest BCUT2D eigenvalue weighted by molar-refractivity contribution is -0.121. The third-order valence-electron chi connectivity index (χ3n) is 2.21. The Hall–Kier alpha value is -0.360. The van der Waals surface area contributed by atoms with Gasteiger partial charge in [0.2, 0.25) is 5.91 Å². The summed E-state index contributed by atoms with van der Waals surface area (Å²) >= 11 is 1.65. The third kappa shape index (κ3) is 8.69. The summed E-state index contributed by atoms with van der Waals surface area (Å²) in [5, 5.41) is 5.98. The number of nitrogens with one attached hydrogen (secondary N) is 1. The molecule has 0 aliphatic rings. The molecule has 0 saturated carbocycles. The highest BCUT2D eigenvalue weighted by Gasteiger charge is 2.02. The highest BCUT2D eigenvalue weighted by molar-refractivity contribution is 7.09. The molecule has 0 spiro atoms. The lowest BCUT2D eigenvalue weighted by Gasteiger charge is -2.03. The van der Waals surface area contributed by atoms with Gasteiger partial charge in [0.05, 0.1) is 10.7 Å². The first-order valence-electron chi connectivity index (χ1n) is 5.60. The summed E-state index contributed by atoms with van der Waals surface area (Å²) in [5.74, 6) is 0.111. The minimum absolute atomic E-state index is 0. The Morgan fingerprint density at radius 1 is 1.44 bits per heavy atom. The highest BCUT2D eigenvalue weighted by Crippen LogP contribution is 2.10. The van der Waals surface area contributed by atoms with E-state index in [1.165, 1.54) is 0 Å². The standard InChI is InChI=1S/C11H19N3OS.2ClH/c1-9-14-10(8-16-9)4-2-5-11(15)13-7-3-6-12;;/h8H,2-7,12H2,1H3,(H,13,15);2*1H. The van der Waals surface area contributed by atoms with E-state index in [4.69, 9.17) is 5.73 Å². The third-order valence-corrected chi connectivity index (χ3v) is 3.03. The second kappa shape index (κ2) is 11.7. The van der Waals surface area contributed by atoms with E-state index in [1.807, 2.05) is 6.92 Å². The van der Waals surface area contributed by atoms with E-state index >= 15 is 0 Å². The first kappa shape index (κ1) is 20.0. The summed E-state index contributed by atoms with van der Waals surface area (Å²) in [6.07, 6.45) is 3.16. The molecule has 0 bridgehead atoms. The topological polar surface area (TPSA) is 68.0 Å². The van der Waals surface area contributed by atoms with Crippen molar-refractivity contribution in [1.29, 1.82) is 0 Å². The largest absolute Gasteiger partial charge is 0.356 e. The van der Waals surface area contributed by atoms with E-state index in [2.05, 4.69) is 15.7 Å². The second-order valence-corrected chi connectivity index (χ2v) is 4.77. The smallest absolute Gasteiger partial charge is 0.220 e. The molecule has 0 unspecified atom stereocenters. The van der Waals surface area contributed by atoms with Gasteiger partial charge in [0.1, 0.15) is 0 Å². The summed E-state index contributed by atoms with van der Waals surface area (Å²) in [6, 6.07) is 0. The molecular formula is C11H21Cl2N3OS. The van der Waals surface area contributed by atoms with Crippen molar-refractivity contribution in [3.8, 4) is 0 Å². The molecule has 1 aromatic heterocycles. The molecule has 1 amide bonds. The van der Waals surface area contributed by atoms with E-state index in [0.717, 1.165) is 30.0 Å². The van der Waals surface area contributed by atoms with Crippen molar-refractivity contribution >= 4 is 42.1 Å². The van der Waals surface area contributed by atoms with Gasteiger partial charge in [0.25, 0.3) is 0 Å². The number of hydrogen-bond acceptors (Lipinski definition) is 4. The van der Waals surface area contributed by atoms with Crippen LogP contribution in [0.25, 0.3) is 0 Å². The van der Waals surface area contributed by atoms with Crippen molar-refractivity contribution in [3.05, 3.63) is 16.1 Å². The van der Waals surface area contributed by atoms with Gasteiger partial charge in [-0.15, -0.1) is 36.2 Å². The van der Waals surface area contributed by atoms with Crippen LogP contribution in [0.15, 0.2) is 5.38 Å².